The number of fused-ring (bicyclic) bond motifs is 2. The SMILES string of the molecule is CCOC(=O)[C@@]12C=C[C@@H](O1)[C@@H](C)C(=O)[C@H]2C. The van der Waals surface area contributed by atoms with Gasteiger partial charge in [0.1, 0.15) is 5.78 Å². The van der Waals surface area contributed by atoms with Crippen LogP contribution < -0.4 is 0 Å². The Morgan fingerprint density at radius 1 is 1.56 bits per heavy atom. The summed E-state index contributed by atoms with van der Waals surface area (Å²) in [6.45, 7) is 5.58. The fraction of sp³-hybridized carbons (Fsp3) is 0.667. The highest BCUT2D eigenvalue weighted by molar-refractivity contribution is 5.96. The molecular weight excluding hydrogens is 208 g/mol. The first-order chi connectivity index (χ1) is 7.53. The molecule has 1 saturated heterocycles. The third kappa shape index (κ3) is 1.33. The Bertz CT molecular complexity index is 360. The number of ketones is 1. The van der Waals surface area contributed by atoms with Gasteiger partial charge in [-0.1, -0.05) is 19.9 Å². The van der Waals surface area contributed by atoms with E-state index in [0.717, 1.165) is 0 Å². The molecule has 88 valence electrons. The lowest BCUT2D eigenvalue weighted by molar-refractivity contribution is -0.187. The topological polar surface area (TPSA) is 52.6 Å². The molecule has 0 unspecified atom stereocenters. The van der Waals surface area contributed by atoms with Gasteiger partial charge in [-0.15, -0.1) is 0 Å². The van der Waals surface area contributed by atoms with E-state index in [2.05, 4.69) is 0 Å². The van der Waals surface area contributed by atoms with E-state index in [1.54, 1.807) is 26.0 Å². The molecule has 4 heteroatoms. The molecule has 0 aliphatic carbocycles. The van der Waals surface area contributed by atoms with E-state index >= 15 is 0 Å². The zero-order valence-corrected chi connectivity index (χ0v) is 9.73. The highest BCUT2D eigenvalue weighted by atomic mass is 16.6. The minimum absolute atomic E-state index is 0.0642. The molecule has 2 bridgehead atoms. The van der Waals surface area contributed by atoms with Gasteiger partial charge in [0.2, 0.25) is 0 Å². The predicted octanol–water partition coefficient (Wildman–Crippen LogP) is 1.10. The first-order valence-electron chi connectivity index (χ1n) is 5.61. The van der Waals surface area contributed by atoms with Crippen molar-refractivity contribution in [2.45, 2.75) is 32.5 Å². The third-order valence-electron chi connectivity index (χ3n) is 3.47. The lowest BCUT2D eigenvalue weighted by atomic mass is 9.80. The van der Waals surface area contributed by atoms with Gasteiger partial charge in [0.15, 0.2) is 5.60 Å². The van der Waals surface area contributed by atoms with Crippen LogP contribution in [0.25, 0.3) is 0 Å². The summed E-state index contributed by atoms with van der Waals surface area (Å²) >= 11 is 0. The molecule has 0 aromatic rings. The quantitative estimate of drug-likeness (QED) is 0.520. The summed E-state index contributed by atoms with van der Waals surface area (Å²) in [4.78, 5) is 23.9. The van der Waals surface area contributed by atoms with Crippen LogP contribution in [0, 0.1) is 11.8 Å². The highest BCUT2D eigenvalue weighted by Crippen LogP contribution is 2.41. The van der Waals surface area contributed by atoms with Crippen LogP contribution in [0.15, 0.2) is 12.2 Å². The van der Waals surface area contributed by atoms with Crippen LogP contribution in [-0.4, -0.2) is 30.1 Å². The summed E-state index contributed by atoms with van der Waals surface area (Å²) in [5.41, 5.74) is -1.18. The summed E-state index contributed by atoms with van der Waals surface area (Å²) in [5.74, 6) is -1.05. The van der Waals surface area contributed by atoms with Gasteiger partial charge < -0.3 is 9.47 Å². The Hall–Kier alpha value is -1.16. The van der Waals surface area contributed by atoms with Gasteiger partial charge in [0.05, 0.1) is 18.6 Å². The molecule has 2 heterocycles. The minimum Gasteiger partial charge on any atom is -0.464 e. The van der Waals surface area contributed by atoms with Crippen LogP contribution in [0.1, 0.15) is 20.8 Å². The molecule has 4 nitrogen and oxygen atoms in total. The molecule has 2 aliphatic rings. The van der Waals surface area contributed by atoms with Crippen molar-refractivity contribution in [2.24, 2.45) is 11.8 Å². The van der Waals surface area contributed by atoms with Crippen LogP contribution in [0.4, 0.5) is 0 Å². The number of hydrogen-bond acceptors (Lipinski definition) is 4. The molecule has 1 fully saturated rings. The number of Topliss-reactive ketones (excluding diaryl/α,β-unsaturated/α-hetero) is 1. The number of hydrogen-bond donors (Lipinski definition) is 0. The molecule has 0 aromatic heterocycles. The van der Waals surface area contributed by atoms with Crippen LogP contribution in [0.2, 0.25) is 0 Å². The van der Waals surface area contributed by atoms with Crippen molar-refractivity contribution in [3.63, 3.8) is 0 Å². The van der Waals surface area contributed by atoms with E-state index in [0.29, 0.717) is 6.61 Å². The molecule has 0 amide bonds. The molecule has 16 heavy (non-hydrogen) atoms. The average Bonchev–Trinajstić information content (AvgIpc) is 2.68. The van der Waals surface area contributed by atoms with Crippen LogP contribution in [-0.2, 0) is 19.1 Å². The summed E-state index contributed by atoms with van der Waals surface area (Å²) in [7, 11) is 0. The van der Waals surface area contributed by atoms with Crippen molar-refractivity contribution in [2.75, 3.05) is 6.61 Å². The lowest BCUT2D eigenvalue weighted by Crippen LogP contribution is -2.55. The fourth-order valence-corrected chi connectivity index (χ4v) is 2.36. The fourth-order valence-electron chi connectivity index (χ4n) is 2.36. The van der Waals surface area contributed by atoms with Crippen molar-refractivity contribution >= 4 is 11.8 Å². The second kappa shape index (κ2) is 3.70. The van der Waals surface area contributed by atoms with Gasteiger partial charge >= 0.3 is 5.97 Å². The monoisotopic (exact) mass is 224 g/mol. The van der Waals surface area contributed by atoms with E-state index < -0.39 is 17.5 Å². The van der Waals surface area contributed by atoms with Gasteiger partial charge in [0.25, 0.3) is 0 Å². The minimum atomic E-state index is -1.18. The summed E-state index contributed by atoms with van der Waals surface area (Å²) in [5, 5.41) is 0. The Morgan fingerprint density at radius 2 is 2.25 bits per heavy atom. The standard InChI is InChI=1S/C12H16O4/c1-4-15-11(14)12-6-5-9(16-12)7(2)10(13)8(12)3/h5-9H,4H2,1-3H3/t7-,8-,9-,12+/m1/s1. The van der Waals surface area contributed by atoms with Crippen LogP contribution >= 0.6 is 0 Å². The molecule has 0 aromatic carbocycles. The second-order valence-corrected chi connectivity index (χ2v) is 4.37. The van der Waals surface area contributed by atoms with E-state index in [-0.39, 0.29) is 17.8 Å². The average molecular weight is 224 g/mol. The maximum Gasteiger partial charge on any atom is 0.343 e. The van der Waals surface area contributed by atoms with Gasteiger partial charge in [0, 0.05) is 5.92 Å². The van der Waals surface area contributed by atoms with E-state index in [9.17, 15) is 9.59 Å². The van der Waals surface area contributed by atoms with E-state index in [1.165, 1.54) is 0 Å². The zero-order chi connectivity index (χ0) is 11.9. The lowest BCUT2D eigenvalue weighted by Gasteiger charge is -2.38. The number of carbonyl (C=O) groups is 2. The molecule has 0 spiro atoms. The van der Waals surface area contributed by atoms with Gasteiger partial charge in [-0.05, 0) is 13.0 Å². The first-order valence-corrected chi connectivity index (χ1v) is 5.61. The van der Waals surface area contributed by atoms with Gasteiger partial charge in [-0.2, -0.15) is 0 Å². The Balaban J connectivity index is 2.32. The van der Waals surface area contributed by atoms with E-state index in [1.807, 2.05) is 6.92 Å². The smallest absolute Gasteiger partial charge is 0.343 e. The molecule has 4 atom stereocenters. The maximum absolute atomic E-state index is 12.0. The summed E-state index contributed by atoms with van der Waals surface area (Å²) in [6, 6.07) is 0. The number of ether oxygens (including phenoxy) is 2. The molecule has 2 aliphatic heterocycles. The normalized spacial score (nSPS) is 41.2. The van der Waals surface area contributed by atoms with Crippen LogP contribution in [0.3, 0.4) is 0 Å². The van der Waals surface area contributed by atoms with Crippen molar-refractivity contribution in [1.82, 2.24) is 0 Å². The molecule has 0 N–H and O–H groups in total. The second-order valence-electron chi connectivity index (χ2n) is 4.37. The van der Waals surface area contributed by atoms with Crippen molar-refractivity contribution in [3.8, 4) is 0 Å². The molecule has 2 rings (SSSR count). The van der Waals surface area contributed by atoms with Gasteiger partial charge in [-0.3, -0.25) is 4.79 Å². The van der Waals surface area contributed by atoms with Crippen molar-refractivity contribution in [3.05, 3.63) is 12.2 Å². The zero-order valence-electron chi connectivity index (χ0n) is 9.73. The highest BCUT2D eigenvalue weighted by Gasteiger charge is 2.57. The third-order valence-corrected chi connectivity index (χ3v) is 3.47. The van der Waals surface area contributed by atoms with Gasteiger partial charge in [-0.25, -0.2) is 4.79 Å². The summed E-state index contributed by atoms with van der Waals surface area (Å²) < 4.78 is 10.7. The Labute approximate surface area is 94.6 Å². The predicted molar refractivity (Wildman–Crippen MR) is 56.7 cm³/mol. The maximum atomic E-state index is 12.0. The Kier molecular flexibility index (Phi) is 2.62. The number of esters is 1. The van der Waals surface area contributed by atoms with Crippen molar-refractivity contribution < 1.29 is 19.1 Å². The summed E-state index contributed by atoms with van der Waals surface area (Å²) in [6.07, 6.45) is 3.19. The van der Waals surface area contributed by atoms with Crippen LogP contribution in [0.5, 0.6) is 0 Å². The van der Waals surface area contributed by atoms with E-state index in [4.69, 9.17) is 9.47 Å². The number of carbonyl (C=O) groups excluding carboxylic acids is 2. The Morgan fingerprint density at radius 3 is 2.88 bits per heavy atom. The molecule has 0 saturated carbocycles. The number of rotatable bonds is 2. The molecule has 0 radical (unpaired) electrons. The molecular formula is C12H16O4. The van der Waals surface area contributed by atoms with Crippen molar-refractivity contribution in [1.29, 1.82) is 0 Å². The first kappa shape index (κ1) is 11.3. The largest absolute Gasteiger partial charge is 0.464 e.